The molecule has 0 spiro atoms. The van der Waals surface area contributed by atoms with Gasteiger partial charge >= 0.3 is 0 Å². The van der Waals surface area contributed by atoms with Gasteiger partial charge in [0.05, 0.1) is 0 Å². The highest BCUT2D eigenvalue weighted by atomic mass is 16.5. The molecule has 0 aromatic carbocycles. The van der Waals surface area contributed by atoms with Crippen molar-refractivity contribution in [2.75, 3.05) is 6.61 Å². The van der Waals surface area contributed by atoms with Crippen LogP contribution in [0.15, 0.2) is 0 Å². The van der Waals surface area contributed by atoms with Crippen molar-refractivity contribution in [2.24, 2.45) is 0 Å². The summed E-state index contributed by atoms with van der Waals surface area (Å²) in [5.74, 6) is 0.196. The van der Waals surface area contributed by atoms with Gasteiger partial charge in [-0.1, -0.05) is 13.8 Å². The molecule has 0 N–H and O–H groups in total. The summed E-state index contributed by atoms with van der Waals surface area (Å²) in [6.45, 7) is 9.24. The number of carbonyl (C=O) groups is 1. The fourth-order valence-corrected chi connectivity index (χ4v) is 2.20. The normalized spacial score (nSPS) is 24.1. The molecule has 1 amide bonds. The topological polar surface area (TPSA) is 29.5 Å². The van der Waals surface area contributed by atoms with Crippen LogP contribution in [0, 0.1) is 0 Å². The Bertz CT molecular complexity index is 214. The van der Waals surface area contributed by atoms with Crippen LogP contribution in [0.4, 0.5) is 0 Å². The van der Waals surface area contributed by atoms with Crippen LogP contribution >= 0.6 is 0 Å². The molecule has 0 radical (unpaired) electrons. The monoisotopic (exact) mass is 227 g/mol. The molecular weight excluding hydrogens is 202 g/mol. The van der Waals surface area contributed by atoms with Crippen LogP contribution in [0.5, 0.6) is 0 Å². The van der Waals surface area contributed by atoms with Gasteiger partial charge in [0.1, 0.15) is 6.10 Å². The van der Waals surface area contributed by atoms with Crippen molar-refractivity contribution in [3.05, 3.63) is 0 Å². The summed E-state index contributed by atoms with van der Waals surface area (Å²) in [6, 6.07) is 0.623. The first kappa shape index (κ1) is 13.5. The van der Waals surface area contributed by atoms with Crippen LogP contribution in [0.2, 0.25) is 0 Å². The minimum atomic E-state index is -0.178. The zero-order valence-electron chi connectivity index (χ0n) is 11.0. The predicted octanol–water partition coefficient (Wildman–Crippen LogP) is 2.59. The van der Waals surface area contributed by atoms with Crippen LogP contribution in [0.1, 0.15) is 53.4 Å². The van der Waals surface area contributed by atoms with Gasteiger partial charge in [0, 0.05) is 18.7 Å². The second kappa shape index (κ2) is 6.24. The average Bonchev–Trinajstić information content (AvgIpc) is 2.81. The third-order valence-electron chi connectivity index (χ3n) is 3.59. The number of rotatable bonds is 5. The molecule has 0 unspecified atom stereocenters. The van der Waals surface area contributed by atoms with E-state index in [-0.39, 0.29) is 12.0 Å². The first-order valence-electron chi connectivity index (χ1n) is 6.55. The van der Waals surface area contributed by atoms with E-state index in [1.807, 2.05) is 4.90 Å². The molecule has 1 heterocycles. The van der Waals surface area contributed by atoms with Gasteiger partial charge in [-0.15, -0.1) is 0 Å². The number of nitrogens with zero attached hydrogens (tertiary/aromatic N) is 1. The van der Waals surface area contributed by atoms with Gasteiger partial charge in [0.15, 0.2) is 0 Å². The third kappa shape index (κ3) is 2.97. The molecule has 0 aromatic heterocycles. The molecule has 16 heavy (non-hydrogen) atoms. The number of ether oxygens (including phenoxy) is 1. The minimum absolute atomic E-state index is 0.178. The molecule has 0 saturated carbocycles. The molecule has 0 aromatic rings. The Labute approximate surface area is 99.1 Å². The fraction of sp³-hybridized carbons (Fsp3) is 0.923. The number of amides is 1. The number of hydrogen-bond donors (Lipinski definition) is 0. The molecule has 1 fully saturated rings. The van der Waals surface area contributed by atoms with Crippen molar-refractivity contribution >= 4 is 5.91 Å². The summed E-state index contributed by atoms with van der Waals surface area (Å²) in [6.07, 6.45) is 3.74. The van der Waals surface area contributed by atoms with E-state index in [9.17, 15) is 4.79 Å². The maximum absolute atomic E-state index is 12.3. The van der Waals surface area contributed by atoms with Crippen molar-refractivity contribution in [1.29, 1.82) is 0 Å². The Kier molecular flexibility index (Phi) is 5.26. The number of carbonyl (C=O) groups excluding carboxylic acids is 1. The Hall–Kier alpha value is -0.570. The highest BCUT2D eigenvalue weighted by Crippen LogP contribution is 2.20. The summed E-state index contributed by atoms with van der Waals surface area (Å²) in [4.78, 5) is 14.4. The fourth-order valence-electron chi connectivity index (χ4n) is 2.20. The van der Waals surface area contributed by atoms with E-state index in [1.165, 1.54) is 0 Å². The van der Waals surface area contributed by atoms with Crippen LogP contribution in [0.3, 0.4) is 0 Å². The van der Waals surface area contributed by atoms with E-state index in [0.29, 0.717) is 12.1 Å². The van der Waals surface area contributed by atoms with E-state index in [2.05, 4.69) is 27.7 Å². The molecule has 0 bridgehead atoms. The number of hydrogen-bond acceptors (Lipinski definition) is 2. The van der Waals surface area contributed by atoms with Crippen molar-refractivity contribution in [3.63, 3.8) is 0 Å². The molecular formula is C13H25NO2. The largest absolute Gasteiger partial charge is 0.368 e. The van der Waals surface area contributed by atoms with Crippen LogP contribution < -0.4 is 0 Å². The van der Waals surface area contributed by atoms with E-state index < -0.39 is 0 Å². The Morgan fingerprint density at radius 3 is 2.25 bits per heavy atom. The van der Waals surface area contributed by atoms with Gasteiger partial charge in [0.2, 0.25) is 0 Å². The van der Waals surface area contributed by atoms with E-state index in [1.54, 1.807) is 0 Å². The zero-order chi connectivity index (χ0) is 12.1. The van der Waals surface area contributed by atoms with Crippen molar-refractivity contribution < 1.29 is 9.53 Å². The van der Waals surface area contributed by atoms with Crippen molar-refractivity contribution in [3.8, 4) is 0 Å². The van der Waals surface area contributed by atoms with Gasteiger partial charge in [-0.3, -0.25) is 4.79 Å². The van der Waals surface area contributed by atoms with Crippen molar-refractivity contribution in [1.82, 2.24) is 4.90 Å². The molecule has 3 heteroatoms. The zero-order valence-corrected chi connectivity index (χ0v) is 11.0. The van der Waals surface area contributed by atoms with E-state index >= 15 is 0 Å². The molecule has 1 aliphatic rings. The molecule has 3 nitrogen and oxygen atoms in total. The van der Waals surface area contributed by atoms with Gasteiger partial charge in [-0.25, -0.2) is 0 Å². The van der Waals surface area contributed by atoms with Gasteiger partial charge in [-0.2, -0.15) is 0 Å². The summed E-state index contributed by atoms with van der Waals surface area (Å²) in [5.41, 5.74) is 0. The molecule has 0 aliphatic carbocycles. The predicted molar refractivity (Wildman–Crippen MR) is 65.3 cm³/mol. The molecule has 94 valence electrons. The molecule has 3 atom stereocenters. The summed E-state index contributed by atoms with van der Waals surface area (Å²) in [7, 11) is 0. The standard InChI is InChI=1S/C13H25NO2/c1-5-10(3)14(11(4)6-2)13(15)12-8-7-9-16-12/h10-12H,5-9H2,1-4H3/t10-,11+,12-/m1/s1. The highest BCUT2D eigenvalue weighted by molar-refractivity contribution is 5.81. The first-order chi connectivity index (χ1) is 7.61. The van der Waals surface area contributed by atoms with Crippen LogP contribution in [-0.4, -0.2) is 35.6 Å². The summed E-state index contributed by atoms with van der Waals surface area (Å²) < 4.78 is 5.49. The quantitative estimate of drug-likeness (QED) is 0.722. The molecule has 1 saturated heterocycles. The maximum Gasteiger partial charge on any atom is 0.252 e. The lowest BCUT2D eigenvalue weighted by Gasteiger charge is -2.35. The average molecular weight is 227 g/mol. The lowest BCUT2D eigenvalue weighted by atomic mass is 10.1. The van der Waals surface area contributed by atoms with Gasteiger partial charge in [0.25, 0.3) is 5.91 Å². The first-order valence-corrected chi connectivity index (χ1v) is 6.55. The molecule has 1 rings (SSSR count). The maximum atomic E-state index is 12.3. The van der Waals surface area contributed by atoms with Gasteiger partial charge < -0.3 is 9.64 Å². The Morgan fingerprint density at radius 1 is 1.31 bits per heavy atom. The third-order valence-corrected chi connectivity index (χ3v) is 3.59. The van der Waals surface area contributed by atoms with Crippen LogP contribution in [0.25, 0.3) is 0 Å². The van der Waals surface area contributed by atoms with E-state index in [4.69, 9.17) is 4.74 Å². The van der Waals surface area contributed by atoms with Crippen molar-refractivity contribution in [2.45, 2.75) is 71.6 Å². The summed E-state index contributed by atoms with van der Waals surface area (Å²) in [5, 5.41) is 0. The second-order valence-corrected chi connectivity index (χ2v) is 4.76. The molecule has 1 aliphatic heterocycles. The Balaban J connectivity index is 2.70. The van der Waals surface area contributed by atoms with Gasteiger partial charge in [-0.05, 0) is 39.5 Å². The van der Waals surface area contributed by atoms with E-state index in [0.717, 1.165) is 32.3 Å². The minimum Gasteiger partial charge on any atom is -0.368 e. The smallest absolute Gasteiger partial charge is 0.252 e. The summed E-state index contributed by atoms with van der Waals surface area (Å²) >= 11 is 0. The highest BCUT2D eigenvalue weighted by Gasteiger charge is 2.32. The SMILES string of the molecule is CC[C@@H](C)N(C(=O)[C@H]1CCCO1)[C@@H](C)CC. The van der Waals surface area contributed by atoms with Crippen LogP contribution in [-0.2, 0) is 9.53 Å². The lowest BCUT2D eigenvalue weighted by Crippen LogP contribution is -2.48. The second-order valence-electron chi connectivity index (χ2n) is 4.76. The lowest BCUT2D eigenvalue weighted by molar-refractivity contribution is -0.145. The Morgan fingerprint density at radius 2 is 1.88 bits per heavy atom.